The molecule has 3 unspecified atom stereocenters. The smallest absolute Gasteiger partial charge is 0.381 e. The van der Waals surface area contributed by atoms with Crippen LogP contribution in [-0.2, 0) is 31.6 Å². The minimum absolute atomic E-state index is 0.118. The number of aliphatic hydroxyl groups is 1. The number of alkyl halides is 1. The molecule has 7 atom stereocenters. The van der Waals surface area contributed by atoms with Crippen molar-refractivity contribution in [2.75, 3.05) is 18.9 Å². The summed E-state index contributed by atoms with van der Waals surface area (Å²) in [5, 5.41) is 16.5. The van der Waals surface area contributed by atoms with Gasteiger partial charge in [-0.1, -0.05) is 5.11 Å². The molecule has 34 heavy (non-hydrogen) atoms. The molecular weight excluding hydrogens is 536 g/mol. The Labute approximate surface area is 187 Å². The van der Waals surface area contributed by atoms with Gasteiger partial charge in [0.1, 0.15) is 17.5 Å². The van der Waals surface area contributed by atoms with Crippen LogP contribution in [0.3, 0.4) is 0 Å². The van der Waals surface area contributed by atoms with E-state index in [9.17, 15) is 33.4 Å². The van der Waals surface area contributed by atoms with Gasteiger partial charge < -0.3 is 34.7 Å². The van der Waals surface area contributed by atoms with Gasteiger partial charge in [-0.05, 0) is 11.6 Å². The Morgan fingerprint density at radius 2 is 1.97 bits per heavy atom. The highest BCUT2D eigenvalue weighted by Gasteiger charge is 2.90. The van der Waals surface area contributed by atoms with E-state index in [0.717, 1.165) is 6.20 Å². The first-order valence-corrected chi connectivity index (χ1v) is 13.2. The van der Waals surface area contributed by atoms with Gasteiger partial charge in [-0.3, -0.25) is 9.09 Å². The zero-order chi connectivity index (χ0) is 25.7. The van der Waals surface area contributed by atoms with Gasteiger partial charge in [-0.2, -0.15) is 13.6 Å². The van der Waals surface area contributed by atoms with E-state index in [1.807, 2.05) is 0 Å². The van der Waals surface area contributed by atoms with Crippen LogP contribution in [0.4, 0.5) is 10.2 Å². The number of ether oxygens (including phenoxy) is 1. The normalized spacial score (nSPS) is 33.8. The highest BCUT2D eigenvalue weighted by atomic mass is 31.3. The third-order valence-electron chi connectivity index (χ3n) is 4.80. The predicted octanol–water partition coefficient (Wildman–Crippen LogP) is -0.342. The molecule has 2 heterocycles. The fraction of sp³-hybridized carbons (Fsp3) is 0.636. The Hall–Kier alpha value is -1.75. The lowest BCUT2D eigenvalue weighted by atomic mass is 10.1. The van der Waals surface area contributed by atoms with Crippen molar-refractivity contribution >= 4 is 29.3 Å². The summed E-state index contributed by atoms with van der Waals surface area (Å²) in [6.45, 7) is -0.909. The van der Waals surface area contributed by atoms with Gasteiger partial charge in [-0.25, -0.2) is 22.9 Å². The van der Waals surface area contributed by atoms with Gasteiger partial charge in [0.15, 0.2) is 18.0 Å². The Balaban J connectivity index is 1.88. The summed E-state index contributed by atoms with van der Waals surface area (Å²) >= 11 is 0. The molecule has 2 aliphatic rings. The maximum atomic E-state index is 15.3. The number of aromatic nitrogens is 2. The van der Waals surface area contributed by atoms with E-state index in [1.165, 1.54) is 13.1 Å². The van der Waals surface area contributed by atoms with E-state index in [-0.39, 0.29) is 5.82 Å². The summed E-state index contributed by atoms with van der Waals surface area (Å²) in [7, 11) is -15.9. The molecular formula is C11H16FN6O13P3. The lowest BCUT2D eigenvalue weighted by Crippen LogP contribution is -2.38. The average molecular weight is 552 g/mol. The summed E-state index contributed by atoms with van der Waals surface area (Å²) in [5.41, 5.74) is 2.35. The number of halogens is 1. The summed E-state index contributed by atoms with van der Waals surface area (Å²) in [6, 6.07) is 1.26. The molecule has 1 saturated carbocycles. The molecule has 23 heteroatoms. The number of nitrogens with one attached hydrogen (secondary N) is 1. The van der Waals surface area contributed by atoms with Crippen LogP contribution in [0.2, 0.25) is 0 Å². The molecule has 1 aromatic heterocycles. The molecule has 1 aromatic rings. The quantitative estimate of drug-likeness (QED) is 0.0936. The van der Waals surface area contributed by atoms with Gasteiger partial charge in [0, 0.05) is 18.2 Å². The fourth-order valence-electron chi connectivity index (χ4n) is 3.43. The van der Waals surface area contributed by atoms with Crippen molar-refractivity contribution in [1.29, 1.82) is 0 Å². The van der Waals surface area contributed by atoms with E-state index in [2.05, 4.69) is 33.5 Å². The van der Waals surface area contributed by atoms with Crippen LogP contribution in [-0.4, -0.2) is 71.3 Å². The Bertz CT molecular complexity index is 1240. The zero-order valence-corrected chi connectivity index (χ0v) is 19.2. The summed E-state index contributed by atoms with van der Waals surface area (Å²) in [6.07, 6.45) is -5.56. The summed E-state index contributed by atoms with van der Waals surface area (Å²) < 4.78 is 67.2. The van der Waals surface area contributed by atoms with Crippen LogP contribution in [0.5, 0.6) is 0 Å². The van der Waals surface area contributed by atoms with Crippen molar-refractivity contribution in [2.24, 2.45) is 5.11 Å². The average Bonchev–Trinajstić information content (AvgIpc) is 3.06. The van der Waals surface area contributed by atoms with Crippen LogP contribution in [0.1, 0.15) is 6.23 Å². The molecule has 6 N–H and O–H groups in total. The maximum absolute atomic E-state index is 15.3. The molecule has 190 valence electrons. The van der Waals surface area contributed by atoms with Crippen molar-refractivity contribution in [1.82, 2.24) is 9.55 Å². The number of phosphoric acid groups is 3. The maximum Gasteiger partial charge on any atom is 0.490 e. The Morgan fingerprint density at radius 1 is 1.32 bits per heavy atom. The minimum atomic E-state index is -5.91. The molecule has 1 saturated heterocycles. The zero-order valence-electron chi connectivity index (χ0n) is 16.6. The van der Waals surface area contributed by atoms with E-state index < -0.39 is 65.4 Å². The lowest BCUT2D eigenvalue weighted by Gasteiger charge is -2.24. The van der Waals surface area contributed by atoms with Crippen molar-refractivity contribution in [3.63, 3.8) is 0 Å². The Kier molecular flexibility index (Phi) is 6.89. The van der Waals surface area contributed by atoms with Gasteiger partial charge in [0.05, 0.1) is 6.54 Å². The molecule has 0 spiro atoms. The van der Waals surface area contributed by atoms with Crippen molar-refractivity contribution in [2.45, 2.75) is 29.7 Å². The van der Waals surface area contributed by atoms with Crippen LogP contribution >= 0.6 is 23.5 Å². The molecule has 19 nitrogen and oxygen atoms in total. The van der Waals surface area contributed by atoms with Crippen LogP contribution in [0.15, 0.2) is 22.2 Å². The van der Waals surface area contributed by atoms with Crippen LogP contribution in [0, 0.1) is 0 Å². The first-order chi connectivity index (χ1) is 15.5. The molecule has 0 aromatic carbocycles. The van der Waals surface area contributed by atoms with Gasteiger partial charge >= 0.3 is 29.2 Å². The second-order valence-corrected chi connectivity index (χ2v) is 11.2. The SMILES string of the molecule is CNc1ccn([C@@H]2O[C@]3(CN=[N+]=[N-])C(OP(=O)(O)OP(=O)(O)OP(=O)(O)O)[C@]3(O)[C@H]2F)c(=O)n1. The largest absolute Gasteiger partial charge is 0.490 e. The monoisotopic (exact) mass is 552 g/mol. The molecule has 0 amide bonds. The Morgan fingerprint density at radius 3 is 2.50 bits per heavy atom. The number of hydrogen-bond donors (Lipinski definition) is 6. The van der Waals surface area contributed by atoms with Crippen molar-refractivity contribution < 1.29 is 60.6 Å². The first kappa shape index (κ1) is 26.8. The number of phosphoric ester groups is 1. The molecule has 1 aliphatic carbocycles. The third-order valence-corrected chi connectivity index (χ3v) is 8.61. The van der Waals surface area contributed by atoms with Gasteiger partial charge in [0.2, 0.25) is 0 Å². The number of fused-ring (bicyclic) bond motifs is 1. The number of rotatable bonds is 10. The number of azide groups is 1. The lowest BCUT2D eigenvalue weighted by molar-refractivity contribution is -0.0886. The topological polar surface area (TPSA) is 285 Å². The number of hydrogen-bond acceptors (Lipinski definition) is 12. The molecule has 1 aliphatic heterocycles. The summed E-state index contributed by atoms with van der Waals surface area (Å²) in [5.74, 6) is 0.118. The molecule has 2 fully saturated rings. The highest BCUT2D eigenvalue weighted by molar-refractivity contribution is 7.66. The number of anilines is 1. The van der Waals surface area contributed by atoms with Gasteiger partial charge in [-0.15, -0.1) is 0 Å². The first-order valence-electron chi connectivity index (χ1n) is 8.66. The van der Waals surface area contributed by atoms with Crippen molar-refractivity contribution in [3.8, 4) is 0 Å². The van der Waals surface area contributed by atoms with E-state index in [1.54, 1.807) is 0 Å². The highest BCUT2D eigenvalue weighted by Crippen LogP contribution is 2.72. The summed E-state index contributed by atoms with van der Waals surface area (Å²) in [4.78, 5) is 54.2. The van der Waals surface area contributed by atoms with E-state index in [4.69, 9.17) is 20.1 Å². The standard InChI is InChI=1S/C11H16FN6O13P3/c1-14-5-2-3-18(9(19)16-5)7-6(12)11(20)8(10(11,28-7)4-15-17-13)29-33(24,25)31-34(26,27)30-32(21,22)23/h2-3,6-8,20H,4H2,1H3,(H,24,25)(H,26,27)(H,14,16,19)(H2,21,22,23)/t6-,7+,8?,10+,11+/m0/s1. The molecule has 3 rings (SSSR count). The number of nitrogens with zero attached hydrogens (tertiary/aromatic N) is 5. The second-order valence-electron chi connectivity index (χ2n) is 6.84. The van der Waals surface area contributed by atoms with Crippen LogP contribution in [0.25, 0.3) is 10.4 Å². The molecule has 0 bridgehead atoms. The van der Waals surface area contributed by atoms with E-state index in [0.29, 0.717) is 4.57 Å². The van der Waals surface area contributed by atoms with Crippen LogP contribution < -0.4 is 11.0 Å². The second kappa shape index (κ2) is 8.72. The minimum Gasteiger partial charge on any atom is -0.381 e. The third kappa shape index (κ3) is 4.82. The van der Waals surface area contributed by atoms with Crippen molar-refractivity contribution in [3.05, 3.63) is 33.2 Å². The predicted molar refractivity (Wildman–Crippen MR) is 103 cm³/mol. The fourth-order valence-corrected chi connectivity index (χ4v) is 6.69. The molecule has 0 radical (unpaired) electrons. The van der Waals surface area contributed by atoms with E-state index >= 15 is 4.39 Å². The van der Waals surface area contributed by atoms with Gasteiger partial charge in [0.25, 0.3) is 0 Å².